The number of amides is 2. The molecule has 6 rings (SSSR count). The quantitative estimate of drug-likeness (QED) is 0.0244. The van der Waals surface area contributed by atoms with E-state index >= 15 is 0 Å². The van der Waals surface area contributed by atoms with Crippen molar-refractivity contribution in [3.8, 4) is 11.5 Å². The van der Waals surface area contributed by atoms with Gasteiger partial charge in [-0.25, -0.2) is 0 Å². The molecule has 21 heteroatoms. The first-order valence-electron chi connectivity index (χ1n) is 18.9. The van der Waals surface area contributed by atoms with Gasteiger partial charge in [-0.05, 0) is 69.4 Å². The van der Waals surface area contributed by atoms with E-state index in [1.807, 2.05) is 0 Å². The van der Waals surface area contributed by atoms with Gasteiger partial charge in [0, 0.05) is 45.2 Å². The maximum Gasteiger partial charge on any atom is 1.00 e. The molecule has 0 aliphatic rings. The van der Waals surface area contributed by atoms with Gasteiger partial charge < -0.3 is 31.1 Å². The van der Waals surface area contributed by atoms with Crippen LogP contribution in [0.25, 0.3) is 33.7 Å². The van der Waals surface area contributed by atoms with Crippen molar-refractivity contribution in [2.75, 3.05) is 22.1 Å². The van der Waals surface area contributed by atoms with E-state index in [-0.39, 0.29) is 87.5 Å². The minimum atomic E-state index is -5.00. The minimum absolute atomic E-state index is 0. The van der Waals surface area contributed by atoms with Gasteiger partial charge in [0.1, 0.15) is 21.3 Å². The number of phenols is 2. The number of thioether (sulfide) groups is 2. The van der Waals surface area contributed by atoms with Gasteiger partial charge in [-0.2, -0.15) is 40.4 Å². The average molecular weight is 970 g/mol. The number of benzene rings is 6. The summed E-state index contributed by atoms with van der Waals surface area (Å²) in [6.07, 6.45) is 2.10. The van der Waals surface area contributed by atoms with E-state index < -0.39 is 53.8 Å². The molecule has 0 unspecified atom stereocenters. The first-order chi connectivity index (χ1) is 30.3. The molecule has 6 aromatic carbocycles. The van der Waals surface area contributed by atoms with Crippen LogP contribution in [0.2, 0.25) is 0 Å². The number of phenolic OH excluding ortho intramolecular Hbond substituents is 2. The molecule has 0 bridgehead atoms. The van der Waals surface area contributed by atoms with Crippen LogP contribution in [0.1, 0.15) is 55.8 Å². The molecule has 0 fully saturated rings. The number of hydrogen-bond donors (Lipinski definition) is 8. The molecule has 0 saturated heterocycles. The molecule has 0 spiro atoms. The van der Waals surface area contributed by atoms with E-state index in [0.717, 1.165) is 24.3 Å². The molecule has 2 amide bonds. The number of aliphatic carboxylic acids is 2. The molecule has 6 aromatic rings. The van der Waals surface area contributed by atoms with Gasteiger partial charge in [0.2, 0.25) is 0 Å². The zero-order valence-corrected chi connectivity index (χ0v) is 39.5. The predicted molar refractivity (Wildman–Crippen MR) is 245 cm³/mol. The Bertz CT molecular complexity index is 2900. The summed E-state index contributed by atoms with van der Waals surface area (Å²) in [7, 11) is -9.99. The molecule has 0 radical (unpaired) electrons. The van der Waals surface area contributed by atoms with Crippen LogP contribution < -0.4 is 40.2 Å². The fourth-order valence-electron chi connectivity index (χ4n) is 6.66. The molecule has 0 aromatic heterocycles. The number of aromatic hydroxyl groups is 2. The number of carbonyl (C=O) groups excluding carboxylic acids is 2. The standard InChI is InChI=1S/C44H38N2O14S4.Na/c47-39(48)15-17-61-23-27-19-35(41(51)33-7-3-1-5-31(27)33)43(53)45-29-13-11-25(37(21-29)63(55,56)57)9-10-26-12-14-30(22-38(26)64(58,59)60)46-44(54)36-20-28(24-62-18-16-40(49)50)32-6-2-4-8-34(32)42(36)52;/h1-14,19-22,51-52H,15-18,23-24H2,(H,45,53)(H,46,54)(H,47,48)(H,49,50)(H,55,56,57)(H,58,59,60);/q;+1/b10-9+;. The topological polar surface area (TPSA) is 282 Å². The summed E-state index contributed by atoms with van der Waals surface area (Å²) in [4.78, 5) is 47.7. The van der Waals surface area contributed by atoms with Gasteiger partial charge in [0.15, 0.2) is 0 Å². The largest absolute Gasteiger partial charge is 1.00 e. The number of anilines is 2. The maximum absolute atomic E-state index is 13.5. The first kappa shape index (κ1) is 50.6. The van der Waals surface area contributed by atoms with Gasteiger partial charge in [-0.15, -0.1) is 0 Å². The van der Waals surface area contributed by atoms with Gasteiger partial charge in [0.05, 0.1) is 24.0 Å². The molecule has 0 aliphatic carbocycles. The fourth-order valence-corrected chi connectivity index (χ4v) is 9.92. The maximum atomic E-state index is 13.5. The van der Waals surface area contributed by atoms with E-state index in [1.165, 1.54) is 59.9 Å². The van der Waals surface area contributed by atoms with Crippen LogP contribution in [-0.2, 0) is 41.3 Å². The Labute approximate surface area is 402 Å². The van der Waals surface area contributed by atoms with Crippen molar-refractivity contribution >= 4 is 113 Å². The zero-order valence-electron chi connectivity index (χ0n) is 34.2. The van der Waals surface area contributed by atoms with Crippen LogP contribution >= 0.6 is 23.5 Å². The molecule has 16 nitrogen and oxygen atoms in total. The van der Waals surface area contributed by atoms with Crippen LogP contribution in [0.3, 0.4) is 0 Å². The van der Waals surface area contributed by atoms with Crippen molar-refractivity contribution in [3.63, 3.8) is 0 Å². The van der Waals surface area contributed by atoms with Crippen molar-refractivity contribution in [1.29, 1.82) is 0 Å². The minimum Gasteiger partial charge on any atom is -0.506 e. The number of carboxylic acids is 2. The number of nitrogens with one attached hydrogen (secondary N) is 2. The molecule has 0 atom stereocenters. The third-order valence-corrected chi connectivity index (χ3v) is 13.5. The Morgan fingerprint density at radius 1 is 0.538 bits per heavy atom. The van der Waals surface area contributed by atoms with Gasteiger partial charge in [0.25, 0.3) is 32.1 Å². The van der Waals surface area contributed by atoms with E-state index in [1.54, 1.807) is 48.5 Å². The van der Waals surface area contributed by atoms with Crippen molar-refractivity contribution in [2.24, 2.45) is 0 Å². The summed E-state index contributed by atoms with van der Waals surface area (Å²) in [5.41, 5.74) is 0.380. The number of hydrogen-bond acceptors (Lipinski definition) is 12. The third kappa shape index (κ3) is 12.7. The van der Waals surface area contributed by atoms with E-state index in [9.17, 15) is 55.3 Å². The Balaban J connectivity index is 0.00000793. The summed E-state index contributed by atoms with van der Waals surface area (Å²) in [6.45, 7) is 0. The van der Waals surface area contributed by atoms with Crippen LogP contribution in [0.15, 0.2) is 107 Å². The summed E-state index contributed by atoms with van der Waals surface area (Å²) in [6, 6.07) is 23.3. The molecule has 65 heavy (non-hydrogen) atoms. The van der Waals surface area contributed by atoms with Crippen LogP contribution in [0.5, 0.6) is 11.5 Å². The van der Waals surface area contributed by atoms with Crippen molar-refractivity contribution < 1.29 is 95.1 Å². The van der Waals surface area contributed by atoms with E-state index in [0.29, 0.717) is 55.7 Å². The summed E-state index contributed by atoms with van der Waals surface area (Å²) in [5, 5.41) is 47.1. The number of fused-ring (bicyclic) bond motifs is 2. The molecule has 0 heterocycles. The number of rotatable bonds is 18. The van der Waals surface area contributed by atoms with E-state index in [2.05, 4.69) is 10.6 Å². The summed E-state index contributed by atoms with van der Waals surface area (Å²) >= 11 is 2.63. The monoisotopic (exact) mass is 969 g/mol. The Kier molecular flexibility index (Phi) is 16.9. The van der Waals surface area contributed by atoms with Crippen molar-refractivity contribution in [3.05, 3.63) is 130 Å². The SMILES string of the molecule is O=C(O)CCSCc1cc(C(=O)Nc2ccc(/C=C/c3ccc(NC(=O)c4cc(CSCCC(=O)O)c5ccccc5c4O)cc3S(=O)(=O)O)c(S(=O)(=O)O)c2)c(O)c2ccccc12.[Na+]. The molecule has 8 N–H and O–H groups in total. The van der Waals surface area contributed by atoms with Gasteiger partial charge in [-0.1, -0.05) is 72.8 Å². The Morgan fingerprint density at radius 2 is 0.892 bits per heavy atom. The molecule has 0 aliphatic heterocycles. The zero-order chi connectivity index (χ0) is 46.3. The van der Waals surface area contributed by atoms with Crippen LogP contribution in [-0.4, -0.2) is 81.6 Å². The Morgan fingerprint density at radius 3 is 1.23 bits per heavy atom. The predicted octanol–water partition coefficient (Wildman–Crippen LogP) is 4.99. The molecular formula is C44H38N2NaO14S4+. The first-order valence-corrected chi connectivity index (χ1v) is 24.1. The molecular weight excluding hydrogens is 932 g/mol. The van der Waals surface area contributed by atoms with Crippen molar-refractivity contribution in [2.45, 2.75) is 34.1 Å². The second kappa shape index (κ2) is 21.7. The second-order valence-corrected chi connectivity index (χ2v) is 19.0. The van der Waals surface area contributed by atoms with Gasteiger partial charge >= 0.3 is 41.5 Å². The van der Waals surface area contributed by atoms with Gasteiger partial charge in [-0.3, -0.25) is 28.3 Å². The molecule has 332 valence electrons. The summed E-state index contributed by atoms with van der Waals surface area (Å²) < 4.78 is 70.7. The number of carbonyl (C=O) groups is 4. The third-order valence-electron chi connectivity index (χ3n) is 9.67. The summed E-state index contributed by atoms with van der Waals surface area (Å²) in [5.74, 6) is -3.09. The van der Waals surface area contributed by atoms with Crippen molar-refractivity contribution in [1.82, 2.24) is 0 Å². The van der Waals surface area contributed by atoms with Crippen LogP contribution in [0.4, 0.5) is 11.4 Å². The normalized spacial score (nSPS) is 11.7. The smallest absolute Gasteiger partial charge is 0.506 e. The fraction of sp³-hybridized carbons (Fsp3) is 0.136. The van der Waals surface area contributed by atoms with E-state index in [4.69, 9.17) is 10.2 Å². The second-order valence-electron chi connectivity index (χ2n) is 14.0. The number of carboxylic acid groups (broad SMARTS) is 2. The Hall–Kier alpha value is -5.42. The average Bonchev–Trinajstić information content (AvgIpc) is 3.24. The molecule has 0 saturated carbocycles. The van der Waals surface area contributed by atoms with Crippen LogP contribution in [0, 0.1) is 0 Å².